The van der Waals surface area contributed by atoms with Crippen LogP contribution in [0.5, 0.6) is 0 Å². The van der Waals surface area contributed by atoms with Crippen LogP contribution in [0.4, 0.5) is 10.1 Å². The third kappa shape index (κ3) is 4.56. The lowest BCUT2D eigenvalue weighted by Gasteiger charge is -2.11. The maximum atomic E-state index is 13.4. The fraction of sp³-hybridized carbons (Fsp3) is 0.320. The molecule has 0 bridgehead atoms. The molecule has 0 spiro atoms. The van der Waals surface area contributed by atoms with Gasteiger partial charge in [-0.25, -0.2) is 9.07 Å². The minimum absolute atomic E-state index is 0.148. The summed E-state index contributed by atoms with van der Waals surface area (Å²) in [4.78, 5) is 25.4. The molecule has 1 aliphatic carbocycles. The summed E-state index contributed by atoms with van der Waals surface area (Å²) in [5.41, 5.74) is 5.77. The molecule has 1 aliphatic rings. The lowest BCUT2D eigenvalue weighted by molar-refractivity contribution is -0.115. The number of aromatic nitrogens is 2. The van der Waals surface area contributed by atoms with Crippen LogP contribution in [0.25, 0.3) is 5.69 Å². The summed E-state index contributed by atoms with van der Waals surface area (Å²) < 4.78 is 15.1. The Morgan fingerprint density at radius 3 is 2.56 bits per heavy atom. The quantitative estimate of drug-likeness (QED) is 0.589. The van der Waals surface area contributed by atoms with Crippen molar-refractivity contribution >= 4 is 17.5 Å². The predicted molar refractivity (Wildman–Crippen MR) is 122 cm³/mol. The van der Waals surface area contributed by atoms with Crippen molar-refractivity contribution in [1.82, 2.24) is 15.1 Å². The Labute approximate surface area is 186 Å². The van der Waals surface area contributed by atoms with E-state index in [9.17, 15) is 14.0 Å². The molecule has 0 radical (unpaired) electrons. The maximum absolute atomic E-state index is 13.4. The van der Waals surface area contributed by atoms with Gasteiger partial charge in [0.25, 0.3) is 5.91 Å². The van der Waals surface area contributed by atoms with E-state index < -0.39 is 0 Å². The van der Waals surface area contributed by atoms with Crippen molar-refractivity contribution in [3.05, 3.63) is 76.4 Å². The number of benzene rings is 2. The van der Waals surface area contributed by atoms with Gasteiger partial charge in [-0.2, -0.15) is 5.10 Å². The number of halogens is 1. The van der Waals surface area contributed by atoms with Crippen LogP contribution < -0.4 is 10.6 Å². The van der Waals surface area contributed by atoms with Gasteiger partial charge in [-0.05, 0) is 81.0 Å². The summed E-state index contributed by atoms with van der Waals surface area (Å²) in [5.74, 6) is -0.990. The van der Waals surface area contributed by atoms with Crippen LogP contribution in [-0.2, 0) is 17.6 Å². The Morgan fingerprint density at radius 2 is 1.78 bits per heavy atom. The summed E-state index contributed by atoms with van der Waals surface area (Å²) in [6, 6.07) is 11.8. The molecule has 6 nitrogen and oxygen atoms in total. The Balaban J connectivity index is 1.52. The second kappa shape index (κ2) is 9.34. The lowest BCUT2D eigenvalue weighted by atomic mass is 10.1. The van der Waals surface area contributed by atoms with E-state index in [2.05, 4.69) is 15.7 Å². The number of carbonyl (C=O) groups excluding carboxylic acids is 2. The van der Waals surface area contributed by atoms with E-state index >= 15 is 0 Å². The molecule has 2 N–H and O–H groups in total. The number of amides is 2. The molecule has 0 saturated heterocycles. The Kier molecular flexibility index (Phi) is 6.35. The number of anilines is 1. The highest BCUT2D eigenvalue weighted by Gasteiger charge is 2.25. The summed E-state index contributed by atoms with van der Waals surface area (Å²) >= 11 is 0. The van der Waals surface area contributed by atoms with E-state index in [1.807, 2.05) is 32.0 Å². The molecule has 1 aromatic heterocycles. The first-order valence-electron chi connectivity index (χ1n) is 10.9. The highest BCUT2D eigenvalue weighted by molar-refractivity contribution is 5.99. The van der Waals surface area contributed by atoms with Gasteiger partial charge in [0.1, 0.15) is 5.82 Å². The third-order valence-electron chi connectivity index (χ3n) is 6.00. The van der Waals surface area contributed by atoms with Gasteiger partial charge in [-0.1, -0.05) is 18.6 Å². The monoisotopic (exact) mass is 434 g/mol. The molecule has 2 aromatic carbocycles. The van der Waals surface area contributed by atoms with E-state index in [4.69, 9.17) is 0 Å². The number of hydrogen-bond acceptors (Lipinski definition) is 3. The standard InChI is InChI=1S/C25H27FN4O2/c1-16-7-6-9-21(17(16)2)28-23(31)15-27-25(32)24-20-8-4-3-5-10-22(20)30(29-24)19-13-11-18(26)12-14-19/h6-7,9,11-14H,3-5,8,10,15H2,1-2H3,(H,27,32)(H,28,31). The number of hydrogen-bond donors (Lipinski definition) is 2. The van der Waals surface area contributed by atoms with Crippen molar-refractivity contribution in [2.24, 2.45) is 0 Å². The third-order valence-corrected chi connectivity index (χ3v) is 6.00. The second-order valence-corrected chi connectivity index (χ2v) is 8.20. The van der Waals surface area contributed by atoms with E-state index in [1.165, 1.54) is 12.1 Å². The lowest BCUT2D eigenvalue weighted by Crippen LogP contribution is -2.33. The fourth-order valence-corrected chi connectivity index (χ4v) is 4.08. The van der Waals surface area contributed by atoms with Crippen LogP contribution >= 0.6 is 0 Å². The molecule has 0 saturated carbocycles. The molecule has 1 heterocycles. The zero-order valence-electron chi connectivity index (χ0n) is 18.4. The minimum Gasteiger partial charge on any atom is -0.342 e. The average Bonchev–Trinajstić information content (AvgIpc) is 2.97. The van der Waals surface area contributed by atoms with E-state index in [0.29, 0.717) is 5.69 Å². The summed E-state index contributed by atoms with van der Waals surface area (Å²) in [7, 11) is 0. The summed E-state index contributed by atoms with van der Waals surface area (Å²) in [6.07, 6.45) is 4.64. The smallest absolute Gasteiger partial charge is 0.272 e. The number of aryl methyl sites for hydroxylation is 1. The maximum Gasteiger partial charge on any atom is 0.272 e. The van der Waals surface area contributed by atoms with Crippen LogP contribution in [-0.4, -0.2) is 28.1 Å². The molecule has 2 amide bonds. The molecule has 32 heavy (non-hydrogen) atoms. The number of fused-ring (bicyclic) bond motifs is 1. The summed E-state index contributed by atoms with van der Waals surface area (Å²) in [5, 5.41) is 10.1. The Morgan fingerprint density at radius 1 is 1.03 bits per heavy atom. The number of carbonyl (C=O) groups is 2. The van der Waals surface area contributed by atoms with Crippen molar-refractivity contribution in [3.8, 4) is 5.69 Å². The predicted octanol–water partition coefficient (Wildman–Crippen LogP) is 4.27. The zero-order valence-corrected chi connectivity index (χ0v) is 18.4. The SMILES string of the molecule is Cc1cccc(NC(=O)CNC(=O)c2nn(-c3ccc(F)cc3)c3c2CCCCC3)c1C. The molecule has 0 atom stereocenters. The molecular weight excluding hydrogens is 407 g/mol. The largest absolute Gasteiger partial charge is 0.342 e. The van der Waals surface area contributed by atoms with Crippen LogP contribution in [0.2, 0.25) is 0 Å². The first kappa shape index (κ1) is 21.7. The average molecular weight is 435 g/mol. The minimum atomic E-state index is -0.375. The highest BCUT2D eigenvalue weighted by Crippen LogP contribution is 2.26. The van der Waals surface area contributed by atoms with Gasteiger partial charge in [0.15, 0.2) is 5.69 Å². The zero-order chi connectivity index (χ0) is 22.7. The van der Waals surface area contributed by atoms with Crippen LogP contribution in [0, 0.1) is 19.7 Å². The number of nitrogens with one attached hydrogen (secondary N) is 2. The van der Waals surface area contributed by atoms with Crippen molar-refractivity contribution in [1.29, 1.82) is 0 Å². The van der Waals surface area contributed by atoms with Crippen molar-refractivity contribution in [2.45, 2.75) is 46.0 Å². The molecule has 166 valence electrons. The van der Waals surface area contributed by atoms with Crippen LogP contribution in [0.15, 0.2) is 42.5 Å². The molecule has 7 heteroatoms. The first-order chi connectivity index (χ1) is 15.4. The number of nitrogens with zero attached hydrogens (tertiary/aromatic N) is 2. The van der Waals surface area contributed by atoms with E-state index in [0.717, 1.165) is 65.9 Å². The first-order valence-corrected chi connectivity index (χ1v) is 10.9. The van der Waals surface area contributed by atoms with E-state index in [1.54, 1.807) is 16.8 Å². The van der Waals surface area contributed by atoms with Gasteiger partial charge in [0.2, 0.25) is 5.91 Å². The van der Waals surface area contributed by atoms with E-state index in [-0.39, 0.29) is 24.2 Å². The second-order valence-electron chi connectivity index (χ2n) is 8.20. The Bertz CT molecular complexity index is 1150. The van der Waals surface area contributed by atoms with Gasteiger partial charge in [-0.3, -0.25) is 9.59 Å². The molecule has 3 aromatic rings. The molecule has 0 unspecified atom stereocenters. The van der Waals surface area contributed by atoms with Gasteiger partial charge in [-0.15, -0.1) is 0 Å². The Hall–Kier alpha value is -3.48. The van der Waals surface area contributed by atoms with Gasteiger partial charge in [0, 0.05) is 16.9 Å². The topological polar surface area (TPSA) is 76.0 Å². The van der Waals surface area contributed by atoms with Gasteiger partial charge in [0.05, 0.1) is 12.2 Å². The fourth-order valence-electron chi connectivity index (χ4n) is 4.08. The van der Waals surface area contributed by atoms with Crippen molar-refractivity contribution in [2.75, 3.05) is 11.9 Å². The molecule has 4 rings (SSSR count). The van der Waals surface area contributed by atoms with Crippen molar-refractivity contribution in [3.63, 3.8) is 0 Å². The van der Waals surface area contributed by atoms with Crippen molar-refractivity contribution < 1.29 is 14.0 Å². The molecule has 0 aliphatic heterocycles. The summed E-state index contributed by atoms with van der Waals surface area (Å²) in [6.45, 7) is 3.78. The molecule has 0 fully saturated rings. The van der Waals surface area contributed by atoms with Gasteiger partial charge >= 0.3 is 0 Å². The van der Waals surface area contributed by atoms with Gasteiger partial charge < -0.3 is 10.6 Å². The van der Waals surface area contributed by atoms with Crippen LogP contribution in [0.1, 0.15) is 52.1 Å². The normalized spacial score (nSPS) is 13.2. The molecular formula is C25H27FN4O2. The highest BCUT2D eigenvalue weighted by atomic mass is 19.1. The van der Waals surface area contributed by atoms with Crippen LogP contribution in [0.3, 0.4) is 0 Å². The number of rotatable bonds is 5.